The Morgan fingerprint density at radius 2 is 0.559 bits per heavy atom. The van der Waals surface area contributed by atoms with Gasteiger partial charge in [-0.15, -0.1) is 0 Å². The third kappa shape index (κ3) is 46.5. The van der Waals surface area contributed by atoms with E-state index in [1.807, 2.05) is 0 Å². The van der Waals surface area contributed by atoms with Crippen LogP contribution in [0.4, 0.5) is 0 Å². The van der Waals surface area contributed by atoms with E-state index in [1.165, 1.54) is 141 Å². The fraction of sp³-hybridized carbons (Fsp3) is 0.830. The molecule has 0 radical (unpaired) electrons. The van der Waals surface area contributed by atoms with E-state index in [9.17, 15) is 14.4 Å². The number of carbonyl (C=O) groups excluding carboxylic acids is 3. The number of unbranched alkanes of at least 4 members (excludes halogenated alkanes) is 29. The Morgan fingerprint density at radius 3 is 0.864 bits per heavy atom. The Balaban J connectivity index is 4.40. The van der Waals surface area contributed by atoms with E-state index in [1.54, 1.807) is 0 Å². The second-order valence-corrected chi connectivity index (χ2v) is 17.1. The number of hydrogen-bond acceptors (Lipinski definition) is 6. The van der Waals surface area contributed by atoms with Crippen molar-refractivity contribution < 1.29 is 28.6 Å². The van der Waals surface area contributed by atoms with Crippen LogP contribution in [0, 0.1) is 0 Å². The summed E-state index contributed by atoms with van der Waals surface area (Å²) in [6, 6.07) is 0. The maximum atomic E-state index is 12.8. The fourth-order valence-electron chi connectivity index (χ4n) is 7.19. The minimum absolute atomic E-state index is 0.0811. The highest BCUT2D eigenvalue weighted by atomic mass is 16.6. The van der Waals surface area contributed by atoms with Crippen LogP contribution in [0.5, 0.6) is 0 Å². The van der Waals surface area contributed by atoms with Crippen molar-refractivity contribution in [2.75, 3.05) is 13.2 Å². The van der Waals surface area contributed by atoms with Crippen molar-refractivity contribution >= 4 is 17.9 Å². The van der Waals surface area contributed by atoms with Gasteiger partial charge >= 0.3 is 17.9 Å². The van der Waals surface area contributed by atoms with Crippen LogP contribution in [0.3, 0.4) is 0 Å². The average molecular weight is 829 g/mol. The lowest BCUT2D eigenvalue weighted by Gasteiger charge is -2.18. The zero-order valence-corrected chi connectivity index (χ0v) is 39.3. The van der Waals surface area contributed by atoms with E-state index >= 15 is 0 Å². The van der Waals surface area contributed by atoms with E-state index in [4.69, 9.17) is 14.2 Å². The first-order valence-corrected chi connectivity index (χ1v) is 25.5. The van der Waals surface area contributed by atoms with Gasteiger partial charge in [0.25, 0.3) is 0 Å². The molecule has 0 aromatic heterocycles. The first-order chi connectivity index (χ1) is 29.0. The molecule has 0 heterocycles. The van der Waals surface area contributed by atoms with Crippen molar-refractivity contribution in [2.45, 2.75) is 271 Å². The van der Waals surface area contributed by atoms with Crippen LogP contribution in [0.15, 0.2) is 36.5 Å². The first kappa shape index (κ1) is 56.6. The smallest absolute Gasteiger partial charge is 0.306 e. The lowest BCUT2D eigenvalue weighted by molar-refractivity contribution is -0.167. The molecule has 0 saturated heterocycles. The highest BCUT2D eigenvalue weighted by Crippen LogP contribution is 2.14. The minimum atomic E-state index is -0.780. The highest BCUT2D eigenvalue weighted by Gasteiger charge is 2.19. The topological polar surface area (TPSA) is 78.9 Å². The lowest BCUT2D eigenvalue weighted by Crippen LogP contribution is -2.30. The van der Waals surface area contributed by atoms with Gasteiger partial charge in [0.15, 0.2) is 6.10 Å². The van der Waals surface area contributed by atoms with Gasteiger partial charge in [0.2, 0.25) is 0 Å². The van der Waals surface area contributed by atoms with Gasteiger partial charge in [0.05, 0.1) is 0 Å². The molecule has 1 unspecified atom stereocenters. The second-order valence-electron chi connectivity index (χ2n) is 17.1. The second kappa shape index (κ2) is 48.3. The average Bonchev–Trinajstić information content (AvgIpc) is 3.23. The molecule has 0 fully saturated rings. The molecule has 6 nitrogen and oxygen atoms in total. The Morgan fingerprint density at radius 1 is 0.322 bits per heavy atom. The van der Waals surface area contributed by atoms with Gasteiger partial charge in [-0.3, -0.25) is 14.4 Å². The summed E-state index contributed by atoms with van der Waals surface area (Å²) in [5, 5.41) is 0. The fourth-order valence-corrected chi connectivity index (χ4v) is 7.19. The molecule has 0 aliphatic rings. The molecule has 0 spiro atoms. The van der Waals surface area contributed by atoms with Crippen molar-refractivity contribution in [2.24, 2.45) is 0 Å². The molecule has 344 valence electrons. The number of allylic oxidation sites excluding steroid dienone is 6. The predicted octanol–water partition coefficient (Wildman–Crippen LogP) is 16.5. The van der Waals surface area contributed by atoms with Crippen LogP contribution in [-0.2, 0) is 28.6 Å². The quantitative estimate of drug-likeness (QED) is 0.0263. The highest BCUT2D eigenvalue weighted by molar-refractivity contribution is 5.71. The summed E-state index contributed by atoms with van der Waals surface area (Å²) in [7, 11) is 0. The Kier molecular flexibility index (Phi) is 46.4. The Labute approximate surface area is 365 Å². The molecule has 0 N–H and O–H groups in total. The van der Waals surface area contributed by atoms with Crippen LogP contribution < -0.4 is 0 Å². The summed E-state index contributed by atoms with van der Waals surface area (Å²) in [5.74, 6) is -0.899. The molecular weight excluding hydrogens is 733 g/mol. The van der Waals surface area contributed by atoms with Gasteiger partial charge in [-0.1, -0.05) is 186 Å². The third-order valence-electron chi connectivity index (χ3n) is 11.1. The summed E-state index contributed by atoms with van der Waals surface area (Å²) in [5.41, 5.74) is 0. The molecule has 0 amide bonds. The third-order valence-corrected chi connectivity index (χ3v) is 11.1. The monoisotopic (exact) mass is 829 g/mol. The van der Waals surface area contributed by atoms with E-state index in [-0.39, 0.29) is 31.1 Å². The largest absolute Gasteiger partial charge is 0.462 e. The van der Waals surface area contributed by atoms with Crippen LogP contribution in [-0.4, -0.2) is 37.2 Å². The van der Waals surface area contributed by atoms with Crippen molar-refractivity contribution in [3.63, 3.8) is 0 Å². The number of ether oxygens (including phenoxy) is 3. The summed E-state index contributed by atoms with van der Waals surface area (Å²) < 4.78 is 16.8. The van der Waals surface area contributed by atoms with Gasteiger partial charge in [-0.25, -0.2) is 0 Å². The zero-order chi connectivity index (χ0) is 43.0. The number of carbonyl (C=O) groups is 3. The lowest BCUT2D eigenvalue weighted by atomic mass is 10.1. The standard InChI is InChI=1S/C53H96O6/c1-4-7-10-13-16-19-22-25-28-31-34-37-40-43-46-52(55)58-49-50(48-57-51(54)45-42-39-36-33-30-27-24-21-18-15-12-9-6-3)59-53(56)47-44-41-38-35-32-29-26-23-20-17-14-11-8-5-2/h21-26,50H,4-20,27-49H2,1-3H3/b24-21-,25-22-,26-23-. The van der Waals surface area contributed by atoms with Crippen molar-refractivity contribution in [1.29, 1.82) is 0 Å². The molecule has 0 aromatic carbocycles. The SMILES string of the molecule is CCCCCC/C=C\CCCCCCCC(=O)OCC(COC(=O)CCCCCCC/C=C\CCCCCCC)OC(=O)CCCCCCC/C=C\CCCCCCC. The van der Waals surface area contributed by atoms with E-state index in [0.717, 1.165) is 83.5 Å². The van der Waals surface area contributed by atoms with E-state index in [0.29, 0.717) is 19.3 Å². The molecular formula is C53H96O6. The maximum absolute atomic E-state index is 12.8. The maximum Gasteiger partial charge on any atom is 0.306 e. The number of hydrogen-bond donors (Lipinski definition) is 0. The predicted molar refractivity (Wildman–Crippen MR) is 252 cm³/mol. The van der Waals surface area contributed by atoms with Crippen LogP contribution in [0.2, 0.25) is 0 Å². The summed E-state index contributed by atoms with van der Waals surface area (Å²) in [6.45, 7) is 6.59. The molecule has 0 rings (SSSR count). The Bertz CT molecular complexity index is 1000. The molecule has 1 atom stereocenters. The summed E-state index contributed by atoms with van der Waals surface area (Å²) in [4.78, 5) is 37.9. The van der Waals surface area contributed by atoms with Gasteiger partial charge in [0, 0.05) is 19.3 Å². The number of esters is 3. The molecule has 6 heteroatoms. The normalized spacial score (nSPS) is 12.3. The summed E-state index contributed by atoms with van der Waals surface area (Å²) in [6.07, 6.45) is 55.5. The molecule has 0 aliphatic heterocycles. The van der Waals surface area contributed by atoms with E-state index < -0.39 is 6.10 Å². The van der Waals surface area contributed by atoms with E-state index in [2.05, 4.69) is 57.2 Å². The number of rotatable bonds is 46. The van der Waals surface area contributed by atoms with Gasteiger partial charge in [-0.2, -0.15) is 0 Å². The van der Waals surface area contributed by atoms with Gasteiger partial charge in [-0.05, 0) is 96.3 Å². The molecule has 0 saturated carbocycles. The van der Waals surface area contributed by atoms with Crippen molar-refractivity contribution in [3.8, 4) is 0 Å². The van der Waals surface area contributed by atoms with Crippen LogP contribution in [0.1, 0.15) is 265 Å². The van der Waals surface area contributed by atoms with Crippen LogP contribution >= 0.6 is 0 Å². The summed E-state index contributed by atoms with van der Waals surface area (Å²) >= 11 is 0. The van der Waals surface area contributed by atoms with Crippen LogP contribution in [0.25, 0.3) is 0 Å². The first-order valence-electron chi connectivity index (χ1n) is 25.5. The Hall–Kier alpha value is -2.37. The van der Waals surface area contributed by atoms with Crippen molar-refractivity contribution in [3.05, 3.63) is 36.5 Å². The molecule has 59 heavy (non-hydrogen) atoms. The molecule has 0 aliphatic carbocycles. The van der Waals surface area contributed by atoms with Gasteiger partial charge in [0.1, 0.15) is 13.2 Å². The zero-order valence-electron chi connectivity index (χ0n) is 39.3. The van der Waals surface area contributed by atoms with Crippen molar-refractivity contribution in [1.82, 2.24) is 0 Å². The molecule has 0 bridgehead atoms. The van der Waals surface area contributed by atoms with Gasteiger partial charge < -0.3 is 14.2 Å². The molecule has 0 aromatic rings. The minimum Gasteiger partial charge on any atom is -0.462 e.